The molecule has 0 radical (unpaired) electrons. The predicted molar refractivity (Wildman–Crippen MR) is 118 cm³/mol. The van der Waals surface area contributed by atoms with Gasteiger partial charge >= 0.3 is 6.03 Å². The Balaban J connectivity index is 1.33. The molecule has 2 aromatic carbocycles. The van der Waals surface area contributed by atoms with Gasteiger partial charge in [0.25, 0.3) is 5.91 Å². The second-order valence-corrected chi connectivity index (χ2v) is 8.17. The van der Waals surface area contributed by atoms with Crippen molar-refractivity contribution in [2.45, 2.75) is 19.0 Å². The third-order valence-electron chi connectivity index (χ3n) is 5.83. The molecular formula is C23H24FN5O4. The van der Waals surface area contributed by atoms with Crippen LogP contribution in [-0.2, 0) is 26.5 Å². The summed E-state index contributed by atoms with van der Waals surface area (Å²) in [6, 6.07) is 12.0. The molecule has 2 aromatic rings. The Kier molecular flexibility index (Phi) is 5.99. The molecule has 0 aliphatic carbocycles. The lowest BCUT2D eigenvalue weighted by Crippen LogP contribution is -2.47. The van der Waals surface area contributed by atoms with Crippen LogP contribution in [0.2, 0.25) is 0 Å². The van der Waals surface area contributed by atoms with E-state index in [4.69, 9.17) is 0 Å². The van der Waals surface area contributed by atoms with Gasteiger partial charge in [-0.1, -0.05) is 24.3 Å². The zero-order valence-electron chi connectivity index (χ0n) is 18.1. The van der Waals surface area contributed by atoms with Gasteiger partial charge in [0.05, 0.1) is 6.54 Å². The number of carbonyl (C=O) groups excluding carboxylic acids is 4. The van der Waals surface area contributed by atoms with Gasteiger partial charge in [0, 0.05) is 25.3 Å². The molecule has 4 rings (SSSR count). The number of nitrogens with one attached hydrogen (secondary N) is 3. The number of urea groups is 1. The van der Waals surface area contributed by atoms with Gasteiger partial charge in [-0.25, -0.2) is 9.18 Å². The molecule has 2 aliphatic heterocycles. The van der Waals surface area contributed by atoms with E-state index >= 15 is 0 Å². The Labute approximate surface area is 189 Å². The average Bonchev–Trinajstić information content (AvgIpc) is 3.02. The van der Waals surface area contributed by atoms with Crippen LogP contribution in [0.25, 0.3) is 0 Å². The summed E-state index contributed by atoms with van der Waals surface area (Å²) >= 11 is 0. The number of amides is 5. The predicted octanol–water partition coefficient (Wildman–Crippen LogP) is 0.845. The highest BCUT2D eigenvalue weighted by Crippen LogP contribution is 2.28. The molecule has 0 saturated carbocycles. The molecule has 0 aromatic heterocycles. The van der Waals surface area contributed by atoms with Crippen molar-refractivity contribution in [2.24, 2.45) is 0 Å². The summed E-state index contributed by atoms with van der Waals surface area (Å²) in [5.41, 5.74) is 0.810. The summed E-state index contributed by atoms with van der Waals surface area (Å²) in [5, 5.41) is 8.07. The van der Waals surface area contributed by atoms with Crippen LogP contribution >= 0.6 is 0 Å². The van der Waals surface area contributed by atoms with Gasteiger partial charge in [-0.3, -0.25) is 19.3 Å². The largest absolute Gasteiger partial charge is 0.360 e. The summed E-state index contributed by atoms with van der Waals surface area (Å²) in [4.78, 5) is 52.0. The van der Waals surface area contributed by atoms with Crippen LogP contribution < -0.4 is 20.9 Å². The van der Waals surface area contributed by atoms with Crippen LogP contribution in [0.5, 0.6) is 0 Å². The molecule has 0 spiro atoms. The van der Waals surface area contributed by atoms with Crippen LogP contribution in [0.3, 0.4) is 0 Å². The van der Waals surface area contributed by atoms with E-state index in [2.05, 4.69) is 16.0 Å². The van der Waals surface area contributed by atoms with Gasteiger partial charge in [0.2, 0.25) is 11.8 Å². The van der Waals surface area contributed by atoms with Crippen LogP contribution in [0.1, 0.15) is 18.1 Å². The van der Waals surface area contributed by atoms with Crippen LogP contribution in [0, 0.1) is 5.82 Å². The van der Waals surface area contributed by atoms with Gasteiger partial charge in [-0.2, -0.15) is 0 Å². The van der Waals surface area contributed by atoms with E-state index in [9.17, 15) is 23.6 Å². The van der Waals surface area contributed by atoms with Crippen molar-refractivity contribution < 1.29 is 23.6 Å². The van der Waals surface area contributed by atoms with Crippen molar-refractivity contribution in [2.75, 3.05) is 31.1 Å². The van der Waals surface area contributed by atoms with Crippen molar-refractivity contribution in [3.8, 4) is 0 Å². The number of piperazine rings is 1. The maximum Gasteiger partial charge on any atom is 0.325 e. The monoisotopic (exact) mass is 453 g/mol. The van der Waals surface area contributed by atoms with E-state index in [1.165, 1.54) is 31.2 Å². The first kappa shape index (κ1) is 22.3. The number of benzene rings is 2. The third-order valence-corrected chi connectivity index (χ3v) is 5.83. The molecule has 1 unspecified atom stereocenters. The summed E-state index contributed by atoms with van der Waals surface area (Å²) in [6.07, 6.45) is 0. The maximum absolute atomic E-state index is 13.2. The number of hydrogen-bond acceptors (Lipinski definition) is 5. The van der Waals surface area contributed by atoms with E-state index in [1.54, 1.807) is 0 Å². The topological polar surface area (TPSA) is 111 Å². The molecule has 2 heterocycles. The molecule has 33 heavy (non-hydrogen) atoms. The summed E-state index contributed by atoms with van der Waals surface area (Å²) in [7, 11) is 0. The first-order chi connectivity index (χ1) is 15.8. The molecule has 2 saturated heterocycles. The first-order valence-electron chi connectivity index (χ1n) is 10.5. The lowest BCUT2D eigenvalue weighted by Gasteiger charge is -2.28. The Morgan fingerprint density at radius 1 is 1.09 bits per heavy atom. The zero-order valence-corrected chi connectivity index (χ0v) is 18.1. The van der Waals surface area contributed by atoms with Crippen LogP contribution in [0.15, 0.2) is 48.5 Å². The number of imide groups is 1. The summed E-state index contributed by atoms with van der Waals surface area (Å²) in [6.45, 7) is 2.94. The summed E-state index contributed by atoms with van der Waals surface area (Å²) in [5.74, 6) is -1.54. The maximum atomic E-state index is 13.2. The van der Waals surface area contributed by atoms with Crippen molar-refractivity contribution in [3.05, 3.63) is 65.5 Å². The lowest BCUT2D eigenvalue weighted by molar-refractivity contribution is -0.134. The highest BCUT2D eigenvalue weighted by molar-refractivity contribution is 6.09. The van der Waals surface area contributed by atoms with Gasteiger partial charge in [0.15, 0.2) is 0 Å². The molecule has 9 nitrogen and oxygen atoms in total. The minimum atomic E-state index is -1.37. The fourth-order valence-corrected chi connectivity index (χ4v) is 3.90. The third kappa shape index (κ3) is 4.64. The average molecular weight is 453 g/mol. The van der Waals surface area contributed by atoms with Crippen molar-refractivity contribution >= 4 is 29.4 Å². The smallest absolute Gasteiger partial charge is 0.325 e. The quantitative estimate of drug-likeness (QED) is 0.562. The standard InChI is InChI=1S/C23H24FN5O4/c1-23(16-4-6-17(24)7-5-16)21(32)29(22(33)27-23)14-20(31)26-12-15-2-8-18(9-3-15)28-11-10-25-19(30)13-28/h2-9H,10-14H2,1H3,(H,25,30)(H,26,31)(H,27,33). The number of nitrogens with zero attached hydrogens (tertiary/aromatic N) is 2. The zero-order chi connectivity index (χ0) is 23.6. The Morgan fingerprint density at radius 2 is 1.79 bits per heavy atom. The van der Waals surface area contributed by atoms with Crippen LogP contribution in [-0.4, -0.2) is 54.8 Å². The second kappa shape index (κ2) is 8.89. The highest BCUT2D eigenvalue weighted by Gasteiger charge is 2.49. The fraction of sp³-hybridized carbons (Fsp3) is 0.304. The number of hydrogen-bond donors (Lipinski definition) is 3. The highest BCUT2D eigenvalue weighted by atomic mass is 19.1. The molecule has 10 heteroatoms. The van der Waals surface area contributed by atoms with Crippen molar-refractivity contribution in [1.82, 2.24) is 20.9 Å². The van der Waals surface area contributed by atoms with E-state index < -0.39 is 35.7 Å². The van der Waals surface area contributed by atoms with E-state index in [1.807, 2.05) is 29.2 Å². The number of anilines is 1. The molecule has 2 aliphatic rings. The second-order valence-electron chi connectivity index (χ2n) is 8.17. The number of rotatable bonds is 6. The minimum Gasteiger partial charge on any atom is -0.360 e. The molecule has 3 N–H and O–H groups in total. The van der Waals surface area contributed by atoms with Crippen molar-refractivity contribution in [3.63, 3.8) is 0 Å². The van der Waals surface area contributed by atoms with E-state index in [0.717, 1.165) is 22.7 Å². The van der Waals surface area contributed by atoms with Crippen molar-refractivity contribution in [1.29, 1.82) is 0 Å². The van der Waals surface area contributed by atoms with Gasteiger partial charge in [-0.05, 0) is 42.3 Å². The molecule has 0 bridgehead atoms. The SMILES string of the molecule is CC1(c2ccc(F)cc2)NC(=O)N(CC(=O)NCc2ccc(N3CCNC(=O)C3)cc2)C1=O. The molecular weight excluding hydrogens is 429 g/mol. The Bertz CT molecular complexity index is 1090. The lowest BCUT2D eigenvalue weighted by atomic mass is 9.92. The van der Waals surface area contributed by atoms with E-state index in [0.29, 0.717) is 18.7 Å². The van der Waals surface area contributed by atoms with Crippen LogP contribution in [0.4, 0.5) is 14.9 Å². The number of halogens is 1. The molecule has 5 amide bonds. The van der Waals surface area contributed by atoms with Gasteiger partial charge in [-0.15, -0.1) is 0 Å². The van der Waals surface area contributed by atoms with E-state index in [-0.39, 0.29) is 12.5 Å². The first-order valence-corrected chi connectivity index (χ1v) is 10.5. The normalized spacial score (nSPS) is 20.5. The molecule has 1 atom stereocenters. The minimum absolute atomic E-state index is 0.0198. The Morgan fingerprint density at radius 3 is 2.45 bits per heavy atom. The fourth-order valence-electron chi connectivity index (χ4n) is 3.90. The van der Waals surface area contributed by atoms with Gasteiger partial charge < -0.3 is 20.9 Å². The Hall–Kier alpha value is -3.95. The molecule has 172 valence electrons. The van der Waals surface area contributed by atoms with Gasteiger partial charge in [0.1, 0.15) is 17.9 Å². The molecule has 2 fully saturated rings. The summed E-state index contributed by atoms with van der Waals surface area (Å²) < 4.78 is 13.2. The number of carbonyl (C=O) groups is 4.